The zero-order valence-corrected chi connectivity index (χ0v) is 13.8. The van der Waals surface area contributed by atoms with Crippen molar-refractivity contribution in [2.75, 3.05) is 13.1 Å². The molecular weight excluding hydrogens is 324 g/mol. The van der Waals surface area contributed by atoms with Crippen LogP contribution in [0.2, 0.25) is 0 Å². The van der Waals surface area contributed by atoms with E-state index in [1.165, 1.54) is 9.08 Å². The number of carbonyl (C=O) groups is 2. The summed E-state index contributed by atoms with van der Waals surface area (Å²) in [7, 11) is 0. The lowest BCUT2D eigenvalue weighted by Gasteiger charge is -2.23. The third-order valence-corrected chi connectivity index (χ3v) is 5.68. The van der Waals surface area contributed by atoms with Crippen LogP contribution in [0, 0.1) is 11.3 Å². The van der Waals surface area contributed by atoms with Gasteiger partial charge in [0.15, 0.2) is 5.65 Å². The molecule has 132 valence electrons. The van der Waals surface area contributed by atoms with Crippen molar-refractivity contribution in [2.24, 2.45) is 11.3 Å². The molecule has 0 unspecified atom stereocenters. The fourth-order valence-corrected chi connectivity index (χ4v) is 4.30. The summed E-state index contributed by atoms with van der Waals surface area (Å²) in [6, 6.07) is 5.28. The van der Waals surface area contributed by atoms with E-state index in [0.29, 0.717) is 18.6 Å². The molecule has 0 bridgehead atoms. The van der Waals surface area contributed by atoms with Crippen LogP contribution in [0.4, 0.5) is 0 Å². The van der Waals surface area contributed by atoms with Crippen molar-refractivity contribution in [1.29, 1.82) is 0 Å². The predicted molar refractivity (Wildman–Crippen MR) is 88.1 cm³/mol. The van der Waals surface area contributed by atoms with Crippen LogP contribution >= 0.6 is 0 Å². The number of carboxylic acids is 1. The molecule has 8 heteroatoms. The smallest absolute Gasteiger partial charge is 0.350 e. The van der Waals surface area contributed by atoms with E-state index < -0.39 is 11.4 Å². The topological polar surface area (TPSA) is 96.9 Å². The third-order valence-electron chi connectivity index (χ3n) is 5.68. The Balaban J connectivity index is 1.45. The van der Waals surface area contributed by atoms with Gasteiger partial charge < -0.3 is 10.0 Å². The van der Waals surface area contributed by atoms with Crippen LogP contribution in [-0.2, 0) is 16.1 Å². The van der Waals surface area contributed by atoms with Crippen LogP contribution in [0.1, 0.15) is 25.7 Å². The van der Waals surface area contributed by atoms with Crippen molar-refractivity contribution in [3.8, 4) is 0 Å². The lowest BCUT2D eigenvalue weighted by atomic mass is 9.81. The van der Waals surface area contributed by atoms with Crippen molar-refractivity contribution in [3.63, 3.8) is 0 Å². The number of rotatable bonds is 4. The molecule has 1 aliphatic heterocycles. The Hall–Kier alpha value is -2.64. The van der Waals surface area contributed by atoms with Gasteiger partial charge in [-0.3, -0.25) is 14.0 Å². The Morgan fingerprint density at radius 3 is 2.92 bits per heavy atom. The van der Waals surface area contributed by atoms with Gasteiger partial charge in [-0.05, 0) is 30.9 Å². The van der Waals surface area contributed by atoms with E-state index in [-0.39, 0.29) is 37.0 Å². The lowest BCUT2D eigenvalue weighted by molar-refractivity contribution is -0.149. The number of aliphatic carboxylic acids is 1. The first-order chi connectivity index (χ1) is 12.0. The maximum atomic E-state index is 12.5. The van der Waals surface area contributed by atoms with Gasteiger partial charge in [-0.15, -0.1) is 5.10 Å². The average Bonchev–Trinajstić information content (AvgIpc) is 3.24. The highest BCUT2D eigenvalue weighted by molar-refractivity contribution is 5.81. The summed E-state index contributed by atoms with van der Waals surface area (Å²) in [5.74, 6) is -0.854. The van der Waals surface area contributed by atoms with Gasteiger partial charge in [0.05, 0.1) is 12.0 Å². The van der Waals surface area contributed by atoms with Gasteiger partial charge in [0, 0.05) is 25.7 Å². The molecule has 0 radical (unpaired) electrons. The van der Waals surface area contributed by atoms with Gasteiger partial charge in [0.2, 0.25) is 5.91 Å². The number of amides is 1. The van der Waals surface area contributed by atoms with E-state index in [4.69, 9.17) is 0 Å². The predicted octanol–water partition coefficient (Wildman–Crippen LogP) is 0.599. The first-order valence-electron chi connectivity index (χ1n) is 8.57. The average molecular weight is 344 g/mol. The Morgan fingerprint density at radius 2 is 2.20 bits per heavy atom. The fourth-order valence-electron chi connectivity index (χ4n) is 4.30. The molecule has 0 spiro atoms. The van der Waals surface area contributed by atoms with Gasteiger partial charge >= 0.3 is 11.7 Å². The molecule has 25 heavy (non-hydrogen) atoms. The number of fused-ring (bicyclic) bond motifs is 2. The van der Waals surface area contributed by atoms with Crippen LogP contribution in [-0.4, -0.2) is 49.2 Å². The van der Waals surface area contributed by atoms with E-state index >= 15 is 0 Å². The zero-order valence-electron chi connectivity index (χ0n) is 13.8. The molecule has 1 N–H and O–H groups in total. The van der Waals surface area contributed by atoms with Crippen LogP contribution in [0.25, 0.3) is 5.65 Å². The van der Waals surface area contributed by atoms with E-state index in [0.717, 1.165) is 12.8 Å². The number of carbonyl (C=O) groups excluding carboxylic acids is 1. The highest BCUT2D eigenvalue weighted by Crippen LogP contribution is 2.48. The minimum Gasteiger partial charge on any atom is -0.481 e. The van der Waals surface area contributed by atoms with Gasteiger partial charge in [0.1, 0.15) is 0 Å². The molecule has 8 nitrogen and oxygen atoms in total. The number of aromatic nitrogens is 3. The van der Waals surface area contributed by atoms with Crippen LogP contribution < -0.4 is 5.69 Å². The van der Waals surface area contributed by atoms with E-state index in [1.54, 1.807) is 29.3 Å². The molecule has 1 saturated heterocycles. The second-order valence-corrected chi connectivity index (χ2v) is 7.01. The molecule has 2 aliphatic rings. The molecular formula is C17H20N4O4. The number of hydrogen-bond donors (Lipinski definition) is 1. The minimum atomic E-state index is -0.790. The Kier molecular flexibility index (Phi) is 3.63. The monoisotopic (exact) mass is 344 g/mol. The summed E-state index contributed by atoms with van der Waals surface area (Å²) in [6.07, 6.45) is 4.20. The lowest BCUT2D eigenvalue weighted by Crippen LogP contribution is -2.37. The summed E-state index contributed by atoms with van der Waals surface area (Å²) in [5.41, 5.74) is -0.501. The molecule has 1 amide bonds. The van der Waals surface area contributed by atoms with E-state index in [2.05, 4.69) is 5.10 Å². The number of nitrogens with zero attached hydrogens (tertiary/aromatic N) is 4. The maximum absolute atomic E-state index is 12.5. The summed E-state index contributed by atoms with van der Waals surface area (Å²) >= 11 is 0. The molecule has 2 aromatic rings. The van der Waals surface area contributed by atoms with E-state index in [1.807, 2.05) is 0 Å². The molecule has 2 atom stereocenters. The highest BCUT2D eigenvalue weighted by atomic mass is 16.4. The molecule has 2 aromatic heterocycles. The number of likely N-dealkylation sites (tertiary alicyclic amines) is 1. The SMILES string of the molecule is O=C(CCn1nc2ccccn2c1=O)N1C[C@@H]2CCC[C@@]2(C(=O)O)C1. The standard InChI is InChI=1S/C17H20N4O4/c22-14(19-10-12-4-3-7-17(12,11-19)15(23)24)6-9-21-16(25)20-8-2-1-5-13(20)18-21/h1-2,5,8,12H,3-4,6-7,9-11H2,(H,23,24)/t12-,17+/m0/s1. The Morgan fingerprint density at radius 1 is 1.36 bits per heavy atom. The third kappa shape index (κ3) is 2.43. The van der Waals surface area contributed by atoms with Gasteiger partial charge in [-0.25, -0.2) is 9.48 Å². The van der Waals surface area contributed by atoms with E-state index in [9.17, 15) is 19.5 Å². The van der Waals surface area contributed by atoms with Crippen molar-refractivity contribution < 1.29 is 14.7 Å². The molecule has 3 heterocycles. The summed E-state index contributed by atoms with van der Waals surface area (Å²) < 4.78 is 2.72. The van der Waals surface area contributed by atoms with Crippen molar-refractivity contribution in [2.45, 2.75) is 32.2 Å². The van der Waals surface area contributed by atoms with Crippen LogP contribution in [0.15, 0.2) is 29.2 Å². The molecule has 1 aliphatic carbocycles. The van der Waals surface area contributed by atoms with Crippen LogP contribution in [0.3, 0.4) is 0 Å². The zero-order chi connectivity index (χ0) is 17.6. The summed E-state index contributed by atoms with van der Waals surface area (Å²) in [6.45, 7) is 0.984. The van der Waals surface area contributed by atoms with Gasteiger partial charge in [-0.1, -0.05) is 12.5 Å². The first kappa shape index (κ1) is 15.9. The highest BCUT2D eigenvalue weighted by Gasteiger charge is 2.55. The normalized spacial score (nSPS) is 25.4. The largest absolute Gasteiger partial charge is 0.481 e. The maximum Gasteiger partial charge on any atom is 0.350 e. The molecule has 4 rings (SSSR count). The Labute approximate surface area is 143 Å². The second kappa shape index (κ2) is 5.72. The van der Waals surface area contributed by atoms with Crippen molar-refractivity contribution in [1.82, 2.24) is 19.1 Å². The van der Waals surface area contributed by atoms with Crippen molar-refractivity contribution in [3.05, 3.63) is 34.9 Å². The van der Waals surface area contributed by atoms with Crippen molar-refractivity contribution >= 4 is 17.5 Å². The molecule has 1 saturated carbocycles. The number of aryl methyl sites for hydroxylation is 1. The van der Waals surface area contributed by atoms with Crippen LogP contribution in [0.5, 0.6) is 0 Å². The number of carboxylic acid groups (broad SMARTS) is 1. The van der Waals surface area contributed by atoms with Gasteiger partial charge in [-0.2, -0.15) is 0 Å². The molecule has 2 fully saturated rings. The molecule has 0 aromatic carbocycles. The Bertz CT molecular complexity index is 901. The number of hydrogen-bond acceptors (Lipinski definition) is 4. The summed E-state index contributed by atoms with van der Waals surface area (Å²) in [5, 5.41) is 13.8. The quantitative estimate of drug-likeness (QED) is 0.876. The fraction of sp³-hybridized carbons (Fsp3) is 0.529. The van der Waals surface area contributed by atoms with Gasteiger partial charge in [0.25, 0.3) is 0 Å². The number of pyridine rings is 1. The minimum absolute atomic E-state index is 0.0480. The summed E-state index contributed by atoms with van der Waals surface area (Å²) in [4.78, 5) is 38.1. The first-order valence-corrected chi connectivity index (χ1v) is 8.57. The second-order valence-electron chi connectivity index (χ2n) is 7.01.